The maximum absolute atomic E-state index is 12.8. The summed E-state index contributed by atoms with van der Waals surface area (Å²) < 4.78 is 0. The van der Waals surface area contributed by atoms with E-state index >= 15 is 0 Å². The van der Waals surface area contributed by atoms with Gasteiger partial charge in [-0.2, -0.15) is 0 Å². The summed E-state index contributed by atoms with van der Waals surface area (Å²) in [6, 6.07) is 6.57. The topological polar surface area (TPSA) is 40.5 Å². The van der Waals surface area contributed by atoms with Crippen LogP contribution in [0.25, 0.3) is 0 Å². The lowest BCUT2D eigenvalue weighted by atomic mass is 9.95. The molecule has 1 N–H and O–H groups in total. The molecular weight excluding hydrogens is 262 g/mol. The third-order valence-corrected chi connectivity index (χ3v) is 5.34. The van der Waals surface area contributed by atoms with E-state index in [4.69, 9.17) is 0 Å². The third kappa shape index (κ3) is 2.59. The number of rotatable bonds is 2. The van der Waals surface area contributed by atoms with Crippen molar-refractivity contribution in [2.24, 2.45) is 5.92 Å². The van der Waals surface area contributed by atoms with Crippen molar-refractivity contribution in [3.8, 4) is 0 Å². The first-order chi connectivity index (χ1) is 10.1. The van der Waals surface area contributed by atoms with E-state index in [0.717, 1.165) is 38.6 Å². The summed E-state index contributed by atoms with van der Waals surface area (Å²) in [7, 11) is 0. The number of hydrogen-bond acceptors (Lipinski definition) is 2. The molecule has 3 heteroatoms. The van der Waals surface area contributed by atoms with E-state index in [2.05, 4.69) is 32.0 Å². The second kappa shape index (κ2) is 5.80. The first kappa shape index (κ1) is 14.6. The minimum Gasteiger partial charge on any atom is -0.392 e. The van der Waals surface area contributed by atoms with E-state index in [9.17, 15) is 9.90 Å². The van der Waals surface area contributed by atoms with Gasteiger partial charge in [-0.05, 0) is 62.6 Å². The zero-order chi connectivity index (χ0) is 15.0. The molecule has 3 atom stereocenters. The number of amides is 1. The lowest BCUT2D eigenvalue weighted by Crippen LogP contribution is -2.38. The number of likely N-dealkylation sites (tertiary alicyclic amines) is 1. The molecule has 2 aliphatic rings. The summed E-state index contributed by atoms with van der Waals surface area (Å²) in [5, 5.41) is 10.0. The van der Waals surface area contributed by atoms with Gasteiger partial charge in [-0.3, -0.25) is 4.79 Å². The molecule has 21 heavy (non-hydrogen) atoms. The van der Waals surface area contributed by atoms with Crippen LogP contribution in [0.2, 0.25) is 0 Å². The molecule has 1 heterocycles. The van der Waals surface area contributed by atoms with Crippen LogP contribution in [-0.4, -0.2) is 28.6 Å². The van der Waals surface area contributed by atoms with Crippen molar-refractivity contribution in [1.82, 2.24) is 4.90 Å². The molecule has 1 aliphatic heterocycles. The van der Waals surface area contributed by atoms with Crippen LogP contribution in [0.1, 0.15) is 54.8 Å². The maximum atomic E-state index is 12.8. The van der Waals surface area contributed by atoms with Crippen LogP contribution in [0.5, 0.6) is 0 Å². The van der Waals surface area contributed by atoms with Crippen molar-refractivity contribution in [2.75, 3.05) is 6.54 Å². The van der Waals surface area contributed by atoms with E-state index in [1.54, 1.807) is 0 Å². The van der Waals surface area contributed by atoms with Crippen LogP contribution < -0.4 is 0 Å². The molecule has 1 saturated carbocycles. The SMILES string of the molecule is Cc1cccc(C2CCCN2C(=O)C2CCCC2O)c1C. The monoisotopic (exact) mass is 287 g/mol. The number of carbonyl (C=O) groups is 1. The highest BCUT2D eigenvalue weighted by Gasteiger charge is 2.39. The number of aliphatic hydroxyl groups is 1. The number of hydrogen-bond donors (Lipinski definition) is 1. The molecule has 3 nitrogen and oxygen atoms in total. The smallest absolute Gasteiger partial charge is 0.228 e. The fourth-order valence-electron chi connectivity index (χ4n) is 3.93. The number of benzene rings is 1. The van der Waals surface area contributed by atoms with Gasteiger partial charge in [0.05, 0.1) is 18.1 Å². The highest BCUT2D eigenvalue weighted by Crippen LogP contribution is 2.37. The van der Waals surface area contributed by atoms with E-state index < -0.39 is 6.10 Å². The van der Waals surface area contributed by atoms with Gasteiger partial charge >= 0.3 is 0 Å². The fraction of sp³-hybridized carbons (Fsp3) is 0.611. The first-order valence-electron chi connectivity index (χ1n) is 8.14. The molecule has 0 bridgehead atoms. The zero-order valence-electron chi connectivity index (χ0n) is 13.0. The van der Waals surface area contributed by atoms with Crippen molar-refractivity contribution in [1.29, 1.82) is 0 Å². The number of nitrogens with zero attached hydrogens (tertiary/aromatic N) is 1. The van der Waals surface area contributed by atoms with Gasteiger partial charge in [0.1, 0.15) is 0 Å². The normalized spacial score (nSPS) is 29.1. The van der Waals surface area contributed by atoms with E-state index in [1.165, 1.54) is 16.7 Å². The van der Waals surface area contributed by atoms with E-state index in [-0.39, 0.29) is 17.9 Å². The second-order valence-corrected chi connectivity index (χ2v) is 6.58. The molecule has 3 unspecified atom stereocenters. The average molecular weight is 287 g/mol. The summed E-state index contributed by atoms with van der Waals surface area (Å²) in [5.41, 5.74) is 3.87. The van der Waals surface area contributed by atoms with Gasteiger partial charge in [0.15, 0.2) is 0 Å². The standard InChI is InChI=1S/C18H25NO2/c1-12-6-3-7-14(13(12)2)16-9-5-11-19(16)18(21)15-8-4-10-17(15)20/h3,6-7,15-17,20H,4-5,8-11H2,1-2H3. The molecule has 1 saturated heterocycles. The highest BCUT2D eigenvalue weighted by atomic mass is 16.3. The van der Waals surface area contributed by atoms with Gasteiger partial charge in [-0.15, -0.1) is 0 Å². The van der Waals surface area contributed by atoms with E-state index in [1.807, 2.05) is 4.90 Å². The van der Waals surface area contributed by atoms with Crippen LogP contribution in [0.4, 0.5) is 0 Å². The summed E-state index contributed by atoms with van der Waals surface area (Å²) in [5.74, 6) is -0.000813. The van der Waals surface area contributed by atoms with Crippen molar-refractivity contribution < 1.29 is 9.90 Å². The minimum atomic E-state index is -0.433. The Morgan fingerprint density at radius 2 is 2.00 bits per heavy atom. The van der Waals surface area contributed by atoms with Crippen LogP contribution in [-0.2, 0) is 4.79 Å². The molecule has 0 spiro atoms. The molecule has 2 fully saturated rings. The predicted molar refractivity (Wildman–Crippen MR) is 83.0 cm³/mol. The number of aliphatic hydroxyl groups excluding tert-OH is 1. The van der Waals surface area contributed by atoms with Gasteiger partial charge in [0, 0.05) is 6.54 Å². The van der Waals surface area contributed by atoms with Crippen molar-refractivity contribution >= 4 is 5.91 Å². The Hall–Kier alpha value is -1.35. The molecular formula is C18H25NO2. The number of aryl methyl sites for hydroxylation is 1. The van der Waals surface area contributed by atoms with Crippen LogP contribution >= 0.6 is 0 Å². The first-order valence-corrected chi connectivity index (χ1v) is 8.14. The Kier molecular flexibility index (Phi) is 4.03. The van der Waals surface area contributed by atoms with Crippen molar-refractivity contribution in [3.05, 3.63) is 34.9 Å². The Balaban J connectivity index is 1.85. The maximum Gasteiger partial charge on any atom is 0.228 e. The molecule has 1 aromatic carbocycles. The molecule has 0 radical (unpaired) electrons. The van der Waals surface area contributed by atoms with Gasteiger partial charge in [0.25, 0.3) is 0 Å². The van der Waals surface area contributed by atoms with Crippen molar-refractivity contribution in [3.63, 3.8) is 0 Å². The lowest BCUT2D eigenvalue weighted by Gasteiger charge is -2.30. The largest absolute Gasteiger partial charge is 0.392 e. The summed E-state index contributed by atoms with van der Waals surface area (Å²) in [6.07, 6.45) is 4.26. The number of carbonyl (C=O) groups excluding carboxylic acids is 1. The Labute approximate surface area is 127 Å². The van der Waals surface area contributed by atoms with Gasteiger partial charge in [-0.1, -0.05) is 18.2 Å². The molecule has 1 aromatic rings. The quantitative estimate of drug-likeness (QED) is 0.908. The van der Waals surface area contributed by atoms with Crippen molar-refractivity contribution in [2.45, 2.75) is 58.1 Å². The Morgan fingerprint density at radius 1 is 1.19 bits per heavy atom. The van der Waals surface area contributed by atoms with Gasteiger partial charge < -0.3 is 10.0 Å². The molecule has 0 aromatic heterocycles. The molecule has 1 amide bonds. The third-order valence-electron chi connectivity index (χ3n) is 5.34. The average Bonchev–Trinajstić information content (AvgIpc) is 3.10. The van der Waals surface area contributed by atoms with Crippen LogP contribution in [0.3, 0.4) is 0 Å². The predicted octanol–water partition coefficient (Wildman–Crippen LogP) is 3.13. The summed E-state index contributed by atoms with van der Waals surface area (Å²) in [4.78, 5) is 14.8. The van der Waals surface area contributed by atoms with Gasteiger partial charge in [0.2, 0.25) is 5.91 Å². The molecule has 114 valence electrons. The lowest BCUT2D eigenvalue weighted by molar-refractivity contribution is -0.139. The Morgan fingerprint density at radius 3 is 2.71 bits per heavy atom. The van der Waals surface area contributed by atoms with Crippen LogP contribution in [0, 0.1) is 19.8 Å². The molecule has 3 rings (SSSR count). The fourth-order valence-corrected chi connectivity index (χ4v) is 3.93. The van der Waals surface area contributed by atoms with E-state index in [0.29, 0.717) is 0 Å². The zero-order valence-corrected chi connectivity index (χ0v) is 13.0. The summed E-state index contributed by atoms with van der Waals surface area (Å²) in [6.45, 7) is 5.11. The van der Waals surface area contributed by atoms with Crippen LogP contribution in [0.15, 0.2) is 18.2 Å². The second-order valence-electron chi connectivity index (χ2n) is 6.58. The molecule has 1 aliphatic carbocycles. The van der Waals surface area contributed by atoms with Gasteiger partial charge in [-0.25, -0.2) is 0 Å². The Bertz CT molecular complexity index is 540. The minimum absolute atomic E-state index is 0.170. The highest BCUT2D eigenvalue weighted by molar-refractivity contribution is 5.80. The summed E-state index contributed by atoms with van der Waals surface area (Å²) >= 11 is 0.